The third-order valence-electron chi connectivity index (χ3n) is 2.40. The van der Waals surface area contributed by atoms with Crippen molar-refractivity contribution in [3.05, 3.63) is 46.7 Å². The van der Waals surface area contributed by atoms with Crippen molar-refractivity contribution < 1.29 is 0 Å². The Labute approximate surface area is 84.3 Å². The Morgan fingerprint density at radius 2 is 1.64 bits per heavy atom. The molecule has 1 heterocycles. The Morgan fingerprint density at radius 1 is 1.00 bits per heavy atom. The minimum atomic E-state index is 0.972. The summed E-state index contributed by atoms with van der Waals surface area (Å²) in [6, 6.07) is 4.36. The van der Waals surface area contributed by atoms with Crippen molar-refractivity contribution >= 4 is 5.71 Å². The molecule has 0 amide bonds. The van der Waals surface area contributed by atoms with Crippen LogP contribution in [0.5, 0.6) is 0 Å². The van der Waals surface area contributed by atoms with Gasteiger partial charge in [0.2, 0.25) is 0 Å². The summed E-state index contributed by atoms with van der Waals surface area (Å²) < 4.78 is 0. The first-order valence-corrected chi connectivity index (χ1v) is 4.71. The van der Waals surface area contributed by atoms with E-state index in [0.717, 1.165) is 5.71 Å². The lowest BCUT2D eigenvalue weighted by atomic mass is 9.96. The molecule has 14 heavy (non-hydrogen) atoms. The van der Waals surface area contributed by atoms with Gasteiger partial charge < -0.3 is 0 Å². The maximum Gasteiger partial charge on any atom is 0.0950 e. The highest BCUT2D eigenvalue weighted by molar-refractivity contribution is 6.11. The number of rotatable bonds is 1. The molecule has 0 bridgehead atoms. The van der Waals surface area contributed by atoms with E-state index in [1.807, 2.05) is 6.08 Å². The first-order valence-electron chi connectivity index (χ1n) is 4.71. The lowest BCUT2D eigenvalue weighted by Gasteiger charge is -2.09. The molecule has 0 unspecified atom stereocenters. The largest absolute Gasteiger partial charge is 0.158 e. The van der Waals surface area contributed by atoms with E-state index in [9.17, 15) is 0 Å². The molecule has 0 aromatic heterocycles. The number of hydrogen-bond donors (Lipinski definition) is 0. The van der Waals surface area contributed by atoms with Crippen LogP contribution in [-0.4, -0.2) is 5.71 Å². The van der Waals surface area contributed by atoms with Crippen molar-refractivity contribution in [1.29, 1.82) is 0 Å². The summed E-state index contributed by atoms with van der Waals surface area (Å²) in [5.41, 5.74) is 9.87. The van der Waals surface area contributed by atoms with E-state index < -0.39 is 0 Å². The molecule has 1 aliphatic rings. The highest BCUT2D eigenvalue weighted by atomic mass is 15.3. The van der Waals surface area contributed by atoms with Gasteiger partial charge in [0.1, 0.15) is 0 Å². The number of aryl methyl sites for hydroxylation is 3. The van der Waals surface area contributed by atoms with Crippen molar-refractivity contribution in [2.75, 3.05) is 0 Å². The zero-order chi connectivity index (χ0) is 10.1. The van der Waals surface area contributed by atoms with Gasteiger partial charge >= 0.3 is 0 Å². The van der Waals surface area contributed by atoms with Crippen LogP contribution in [0.15, 0.2) is 29.5 Å². The normalized spacial score (nSPS) is 14.1. The van der Waals surface area contributed by atoms with Gasteiger partial charge in [-0.1, -0.05) is 17.7 Å². The Balaban J connectivity index is 2.57. The average molecular weight is 185 g/mol. The van der Waals surface area contributed by atoms with E-state index in [0.29, 0.717) is 0 Å². The van der Waals surface area contributed by atoms with Gasteiger partial charge in [0.15, 0.2) is 0 Å². The molecule has 71 valence electrons. The van der Waals surface area contributed by atoms with Gasteiger partial charge in [0, 0.05) is 5.56 Å². The second kappa shape index (κ2) is 3.29. The van der Waals surface area contributed by atoms with E-state index >= 15 is 0 Å². The van der Waals surface area contributed by atoms with Crippen LogP contribution in [0.4, 0.5) is 0 Å². The number of benzene rings is 1. The molecule has 0 saturated heterocycles. The summed E-state index contributed by atoms with van der Waals surface area (Å²) in [7, 11) is 0. The molecule has 2 nitrogen and oxygen atoms in total. The van der Waals surface area contributed by atoms with Gasteiger partial charge in [-0.15, -0.1) is 0 Å². The molecule has 0 spiro atoms. The predicted molar refractivity (Wildman–Crippen MR) is 58.5 cm³/mol. The molecular formula is C12H13N2. The van der Waals surface area contributed by atoms with Gasteiger partial charge in [-0.05, 0) is 38.0 Å². The quantitative estimate of drug-likeness (QED) is 0.642. The van der Waals surface area contributed by atoms with Gasteiger partial charge in [-0.2, -0.15) is 10.5 Å². The minimum Gasteiger partial charge on any atom is -0.158 e. The SMILES string of the molecule is Cc1cc(C)c(C2=N[N]C=C2)c(C)c1. The zero-order valence-corrected chi connectivity index (χ0v) is 8.70. The molecule has 0 saturated carbocycles. The maximum absolute atomic E-state index is 4.09. The maximum atomic E-state index is 4.09. The van der Waals surface area contributed by atoms with Gasteiger partial charge in [-0.25, -0.2) is 0 Å². The molecule has 2 heteroatoms. The molecular weight excluding hydrogens is 172 g/mol. The van der Waals surface area contributed by atoms with Crippen molar-refractivity contribution in [3.8, 4) is 0 Å². The molecule has 1 aromatic rings. The molecule has 0 aliphatic carbocycles. The molecule has 2 rings (SSSR count). The third-order valence-corrected chi connectivity index (χ3v) is 2.40. The molecule has 0 atom stereocenters. The summed E-state index contributed by atoms with van der Waals surface area (Å²) in [4.78, 5) is 0. The van der Waals surface area contributed by atoms with E-state index in [1.165, 1.54) is 22.3 Å². The van der Waals surface area contributed by atoms with Gasteiger partial charge in [0.05, 0.1) is 11.9 Å². The Kier molecular flexibility index (Phi) is 2.12. The second-order valence-corrected chi connectivity index (χ2v) is 3.69. The fourth-order valence-electron chi connectivity index (χ4n) is 1.95. The molecule has 1 radical (unpaired) electrons. The zero-order valence-electron chi connectivity index (χ0n) is 8.70. The van der Waals surface area contributed by atoms with Crippen LogP contribution in [-0.2, 0) is 0 Å². The Morgan fingerprint density at radius 3 is 2.14 bits per heavy atom. The van der Waals surface area contributed by atoms with Crippen LogP contribution in [0, 0.1) is 20.8 Å². The van der Waals surface area contributed by atoms with E-state index in [1.54, 1.807) is 6.20 Å². The Bertz CT molecular complexity index is 405. The molecule has 1 aromatic carbocycles. The van der Waals surface area contributed by atoms with E-state index in [4.69, 9.17) is 0 Å². The van der Waals surface area contributed by atoms with E-state index in [-0.39, 0.29) is 0 Å². The average Bonchev–Trinajstić information content (AvgIpc) is 2.54. The summed E-state index contributed by atoms with van der Waals surface area (Å²) in [6.07, 6.45) is 3.68. The first kappa shape index (κ1) is 9.00. The highest BCUT2D eigenvalue weighted by Crippen LogP contribution is 2.18. The van der Waals surface area contributed by atoms with Crippen LogP contribution in [0.3, 0.4) is 0 Å². The second-order valence-electron chi connectivity index (χ2n) is 3.69. The molecule has 1 aliphatic heterocycles. The van der Waals surface area contributed by atoms with Crippen LogP contribution in [0.25, 0.3) is 0 Å². The van der Waals surface area contributed by atoms with Crippen LogP contribution in [0.1, 0.15) is 22.3 Å². The van der Waals surface area contributed by atoms with Crippen molar-refractivity contribution in [2.45, 2.75) is 20.8 Å². The van der Waals surface area contributed by atoms with Gasteiger partial charge in [0.25, 0.3) is 0 Å². The topological polar surface area (TPSA) is 26.5 Å². The highest BCUT2D eigenvalue weighted by Gasteiger charge is 2.10. The van der Waals surface area contributed by atoms with Crippen molar-refractivity contribution in [2.24, 2.45) is 5.10 Å². The lowest BCUT2D eigenvalue weighted by molar-refractivity contribution is 0.971. The monoisotopic (exact) mass is 185 g/mol. The summed E-state index contributed by atoms with van der Waals surface area (Å²) in [6.45, 7) is 6.34. The molecule has 0 N–H and O–H groups in total. The number of nitrogens with zero attached hydrogens (tertiary/aromatic N) is 2. The summed E-state index contributed by atoms with van der Waals surface area (Å²) in [5.74, 6) is 0. The lowest BCUT2D eigenvalue weighted by Crippen LogP contribution is -2.02. The summed E-state index contributed by atoms with van der Waals surface area (Å²) in [5, 5.41) is 4.09. The van der Waals surface area contributed by atoms with Crippen molar-refractivity contribution in [1.82, 2.24) is 5.43 Å². The Hall–Kier alpha value is -1.57. The number of allylic oxidation sites excluding steroid dienone is 1. The first-order chi connectivity index (χ1) is 6.68. The smallest absolute Gasteiger partial charge is 0.0950 e. The number of hydrogen-bond acceptors (Lipinski definition) is 1. The fourth-order valence-corrected chi connectivity index (χ4v) is 1.95. The van der Waals surface area contributed by atoms with Crippen molar-refractivity contribution in [3.63, 3.8) is 0 Å². The van der Waals surface area contributed by atoms with Gasteiger partial charge in [-0.3, -0.25) is 0 Å². The fraction of sp³-hybridized carbons (Fsp3) is 0.250. The van der Waals surface area contributed by atoms with Crippen LogP contribution >= 0.6 is 0 Å². The predicted octanol–water partition coefficient (Wildman–Crippen LogP) is 2.45. The van der Waals surface area contributed by atoms with Crippen LogP contribution < -0.4 is 5.43 Å². The van der Waals surface area contributed by atoms with E-state index in [2.05, 4.69) is 43.4 Å². The summed E-state index contributed by atoms with van der Waals surface area (Å²) >= 11 is 0. The third kappa shape index (κ3) is 1.43. The van der Waals surface area contributed by atoms with Crippen LogP contribution in [0.2, 0.25) is 0 Å². The minimum absolute atomic E-state index is 0.972. The molecule has 0 fully saturated rings. The standard InChI is InChI=1S/C12H13N2/c1-8-6-9(2)12(10(3)7-8)11-4-5-13-14-11/h4-7H,1-3H3.